The minimum absolute atomic E-state index is 0.322. The zero-order chi connectivity index (χ0) is 10.9. The highest BCUT2D eigenvalue weighted by atomic mass is 32.2. The predicted octanol–water partition coefficient (Wildman–Crippen LogP) is 0.00700. The zero-order valence-corrected chi connectivity index (χ0v) is 9.57. The van der Waals surface area contributed by atoms with E-state index >= 15 is 0 Å². The minimum atomic E-state index is -0.726. The van der Waals surface area contributed by atoms with E-state index in [0.29, 0.717) is 18.2 Å². The summed E-state index contributed by atoms with van der Waals surface area (Å²) in [4.78, 5) is 0. The summed E-state index contributed by atoms with van der Waals surface area (Å²) >= 11 is 1.51. The predicted molar refractivity (Wildman–Crippen MR) is 58.5 cm³/mol. The number of aromatic nitrogens is 3. The Hall–Kier alpha value is -0.590. The van der Waals surface area contributed by atoms with Gasteiger partial charge in [0.25, 0.3) is 0 Å². The SMILES string of the molecule is Cn1cnnc1SCC(O)(CN)C1CC1. The lowest BCUT2D eigenvalue weighted by Gasteiger charge is -2.25. The molecule has 1 atom stereocenters. The molecule has 0 saturated heterocycles. The van der Waals surface area contributed by atoms with Crippen LogP contribution in [0.3, 0.4) is 0 Å². The van der Waals surface area contributed by atoms with Crippen molar-refractivity contribution in [3.8, 4) is 0 Å². The Labute approximate surface area is 93.1 Å². The second-order valence-corrected chi connectivity index (χ2v) is 5.04. The van der Waals surface area contributed by atoms with Crippen LogP contribution in [0.1, 0.15) is 12.8 Å². The van der Waals surface area contributed by atoms with Crippen molar-refractivity contribution >= 4 is 11.8 Å². The minimum Gasteiger partial charge on any atom is -0.387 e. The highest BCUT2D eigenvalue weighted by Crippen LogP contribution is 2.41. The highest BCUT2D eigenvalue weighted by Gasteiger charge is 2.42. The summed E-state index contributed by atoms with van der Waals surface area (Å²) in [5.74, 6) is 0.976. The van der Waals surface area contributed by atoms with E-state index in [1.165, 1.54) is 11.8 Å². The highest BCUT2D eigenvalue weighted by molar-refractivity contribution is 7.99. The van der Waals surface area contributed by atoms with Gasteiger partial charge in [-0.1, -0.05) is 11.8 Å². The maximum absolute atomic E-state index is 10.2. The van der Waals surface area contributed by atoms with Gasteiger partial charge in [-0.15, -0.1) is 10.2 Å². The normalized spacial score (nSPS) is 20.2. The second-order valence-electron chi connectivity index (χ2n) is 4.10. The summed E-state index contributed by atoms with van der Waals surface area (Å²) in [6.07, 6.45) is 3.83. The smallest absolute Gasteiger partial charge is 0.190 e. The van der Waals surface area contributed by atoms with Gasteiger partial charge in [0.2, 0.25) is 0 Å². The number of thioether (sulfide) groups is 1. The zero-order valence-electron chi connectivity index (χ0n) is 8.76. The molecule has 1 unspecified atom stereocenters. The fraction of sp³-hybridized carbons (Fsp3) is 0.778. The first-order valence-corrected chi connectivity index (χ1v) is 6.03. The average Bonchev–Trinajstić information content (AvgIpc) is 3.01. The first-order chi connectivity index (χ1) is 7.15. The molecule has 15 heavy (non-hydrogen) atoms. The summed E-state index contributed by atoms with van der Waals surface area (Å²) < 4.78 is 1.84. The molecule has 6 heteroatoms. The van der Waals surface area contributed by atoms with E-state index in [2.05, 4.69) is 10.2 Å². The molecule has 0 radical (unpaired) electrons. The van der Waals surface area contributed by atoms with Crippen molar-refractivity contribution in [1.29, 1.82) is 0 Å². The molecule has 0 amide bonds. The first kappa shape index (κ1) is 10.9. The third kappa shape index (κ3) is 2.32. The molecule has 0 aromatic carbocycles. The van der Waals surface area contributed by atoms with Gasteiger partial charge in [-0.05, 0) is 18.8 Å². The van der Waals surface area contributed by atoms with Crippen molar-refractivity contribution in [2.75, 3.05) is 12.3 Å². The Morgan fingerprint density at radius 2 is 2.47 bits per heavy atom. The molecule has 0 aliphatic heterocycles. The fourth-order valence-electron chi connectivity index (χ4n) is 1.56. The third-order valence-corrected chi connectivity index (χ3v) is 4.08. The summed E-state index contributed by atoms with van der Waals surface area (Å²) in [6.45, 7) is 0.322. The van der Waals surface area contributed by atoms with Gasteiger partial charge in [0.05, 0.1) is 5.60 Å². The number of nitrogens with zero attached hydrogens (tertiary/aromatic N) is 3. The van der Waals surface area contributed by atoms with Crippen molar-refractivity contribution in [2.45, 2.75) is 23.6 Å². The van der Waals surface area contributed by atoms with Gasteiger partial charge < -0.3 is 15.4 Å². The van der Waals surface area contributed by atoms with E-state index in [4.69, 9.17) is 5.73 Å². The Kier molecular flexibility index (Phi) is 2.99. The van der Waals surface area contributed by atoms with E-state index in [1.54, 1.807) is 6.33 Å². The number of hydrogen-bond donors (Lipinski definition) is 2. The van der Waals surface area contributed by atoms with Crippen molar-refractivity contribution < 1.29 is 5.11 Å². The molecule has 3 N–H and O–H groups in total. The Balaban J connectivity index is 1.94. The molecule has 1 saturated carbocycles. The number of aryl methyl sites for hydroxylation is 1. The van der Waals surface area contributed by atoms with E-state index in [9.17, 15) is 5.11 Å². The molecule has 1 aromatic rings. The summed E-state index contributed by atoms with van der Waals surface area (Å²) in [5.41, 5.74) is 4.89. The van der Waals surface area contributed by atoms with Gasteiger partial charge >= 0.3 is 0 Å². The molecular weight excluding hydrogens is 212 g/mol. The Morgan fingerprint density at radius 1 is 1.73 bits per heavy atom. The molecule has 84 valence electrons. The molecule has 1 fully saturated rings. The largest absolute Gasteiger partial charge is 0.387 e. The summed E-state index contributed by atoms with van der Waals surface area (Å²) in [7, 11) is 1.89. The van der Waals surface area contributed by atoms with Crippen LogP contribution in [0, 0.1) is 5.92 Å². The molecular formula is C9H16N4OS. The van der Waals surface area contributed by atoms with Gasteiger partial charge in [0, 0.05) is 19.3 Å². The molecule has 2 rings (SSSR count). The quantitative estimate of drug-likeness (QED) is 0.694. The molecule has 5 nitrogen and oxygen atoms in total. The van der Waals surface area contributed by atoms with E-state index in [-0.39, 0.29) is 0 Å². The van der Waals surface area contributed by atoms with Gasteiger partial charge in [0.15, 0.2) is 5.16 Å². The summed E-state index contributed by atoms with van der Waals surface area (Å²) in [6, 6.07) is 0. The van der Waals surface area contributed by atoms with E-state index in [1.807, 2.05) is 11.6 Å². The van der Waals surface area contributed by atoms with Crippen LogP contribution >= 0.6 is 11.8 Å². The van der Waals surface area contributed by atoms with Crippen molar-refractivity contribution in [3.05, 3.63) is 6.33 Å². The lowest BCUT2D eigenvalue weighted by molar-refractivity contribution is 0.0509. The monoisotopic (exact) mass is 228 g/mol. The van der Waals surface area contributed by atoms with Gasteiger partial charge in [-0.3, -0.25) is 0 Å². The maximum atomic E-state index is 10.2. The number of hydrogen-bond acceptors (Lipinski definition) is 5. The van der Waals surface area contributed by atoms with Crippen LogP contribution in [0.4, 0.5) is 0 Å². The van der Waals surface area contributed by atoms with Crippen LogP contribution in [-0.4, -0.2) is 37.8 Å². The Morgan fingerprint density at radius 3 is 2.93 bits per heavy atom. The number of rotatable bonds is 5. The van der Waals surface area contributed by atoms with Crippen LogP contribution in [-0.2, 0) is 7.05 Å². The Bertz CT molecular complexity index is 339. The van der Waals surface area contributed by atoms with Crippen LogP contribution in [0.5, 0.6) is 0 Å². The number of nitrogens with two attached hydrogens (primary N) is 1. The topological polar surface area (TPSA) is 77.0 Å². The maximum Gasteiger partial charge on any atom is 0.190 e. The second kappa shape index (κ2) is 4.11. The van der Waals surface area contributed by atoms with Gasteiger partial charge in [0.1, 0.15) is 6.33 Å². The third-order valence-electron chi connectivity index (χ3n) is 2.81. The van der Waals surface area contributed by atoms with Crippen LogP contribution in [0.25, 0.3) is 0 Å². The first-order valence-electron chi connectivity index (χ1n) is 5.05. The van der Waals surface area contributed by atoms with E-state index in [0.717, 1.165) is 18.0 Å². The molecule has 1 heterocycles. The lowest BCUT2D eigenvalue weighted by Crippen LogP contribution is -2.42. The molecule has 1 aliphatic rings. The average molecular weight is 228 g/mol. The molecule has 1 aliphatic carbocycles. The van der Waals surface area contributed by atoms with Crippen LogP contribution < -0.4 is 5.73 Å². The molecule has 1 aromatic heterocycles. The number of aliphatic hydroxyl groups is 1. The van der Waals surface area contributed by atoms with Gasteiger partial charge in [-0.2, -0.15) is 0 Å². The van der Waals surface area contributed by atoms with Crippen molar-refractivity contribution in [2.24, 2.45) is 18.7 Å². The molecule has 0 spiro atoms. The lowest BCUT2D eigenvalue weighted by atomic mass is 10.0. The standard InChI is InChI=1S/C9H16N4OS/c1-13-6-11-12-8(13)15-5-9(14,4-10)7-2-3-7/h6-7,14H,2-5,10H2,1H3. The van der Waals surface area contributed by atoms with Crippen LogP contribution in [0.15, 0.2) is 11.5 Å². The van der Waals surface area contributed by atoms with E-state index < -0.39 is 5.60 Å². The van der Waals surface area contributed by atoms with Crippen molar-refractivity contribution in [3.63, 3.8) is 0 Å². The summed E-state index contributed by atoms with van der Waals surface area (Å²) in [5, 5.41) is 18.8. The fourth-order valence-corrected chi connectivity index (χ4v) is 2.65. The van der Waals surface area contributed by atoms with Gasteiger partial charge in [-0.25, -0.2) is 0 Å². The van der Waals surface area contributed by atoms with Crippen molar-refractivity contribution in [1.82, 2.24) is 14.8 Å². The van der Waals surface area contributed by atoms with Crippen LogP contribution in [0.2, 0.25) is 0 Å². The molecule has 0 bridgehead atoms.